The van der Waals surface area contributed by atoms with Gasteiger partial charge >= 0.3 is 0 Å². The lowest BCUT2D eigenvalue weighted by Gasteiger charge is -2.28. The topological polar surface area (TPSA) is 67.1 Å². The molecule has 0 aromatic carbocycles. The highest BCUT2D eigenvalue weighted by atomic mass is 35.5. The van der Waals surface area contributed by atoms with Crippen molar-refractivity contribution in [2.45, 2.75) is 31.7 Å². The van der Waals surface area contributed by atoms with Crippen LogP contribution in [0.25, 0.3) is 0 Å². The third kappa shape index (κ3) is 4.51. The molecule has 1 aromatic rings. The zero-order chi connectivity index (χ0) is 13.0. The number of nitrogens with two attached hydrogens (primary N) is 1. The Kier molecular flexibility index (Phi) is 6.31. The summed E-state index contributed by atoms with van der Waals surface area (Å²) in [5, 5.41) is 3.43. The molecular weight excluding hydrogens is 262 g/mol. The number of nitrogens with zero attached hydrogens (tertiary/aromatic N) is 3. The molecule has 0 aliphatic heterocycles. The average molecular weight is 286 g/mol. The van der Waals surface area contributed by atoms with Gasteiger partial charge in [-0.3, -0.25) is 0 Å². The number of halogens is 1. The van der Waals surface area contributed by atoms with Gasteiger partial charge in [0.05, 0.1) is 0 Å². The van der Waals surface area contributed by atoms with Crippen LogP contribution in [0.1, 0.15) is 25.7 Å². The van der Waals surface area contributed by atoms with Gasteiger partial charge < -0.3 is 16.0 Å². The van der Waals surface area contributed by atoms with Crippen LogP contribution in [0, 0.1) is 5.92 Å². The molecule has 108 valence electrons. The summed E-state index contributed by atoms with van der Waals surface area (Å²) in [6, 6.07) is 2.40. The van der Waals surface area contributed by atoms with Crippen molar-refractivity contribution in [2.75, 3.05) is 30.9 Å². The van der Waals surface area contributed by atoms with Crippen molar-refractivity contribution in [3.05, 3.63) is 12.3 Å². The standard InChI is InChI=1S/C13H23N5.ClH/c1-18(2)12-7-8-15-13(17-12)16-11-5-3-10(9-14)4-6-11;/h7-8,10-11H,3-6,9,14H2,1-2H3,(H,15,16,17);1H. The fourth-order valence-electron chi connectivity index (χ4n) is 2.39. The van der Waals surface area contributed by atoms with Crippen molar-refractivity contribution < 1.29 is 0 Å². The van der Waals surface area contributed by atoms with E-state index in [9.17, 15) is 0 Å². The fraction of sp³-hybridized carbons (Fsp3) is 0.692. The first-order valence-corrected chi connectivity index (χ1v) is 6.66. The van der Waals surface area contributed by atoms with Gasteiger partial charge in [0.15, 0.2) is 0 Å². The second kappa shape index (κ2) is 7.50. The van der Waals surface area contributed by atoms with Gasteiger partial charge in [-0.25, -0.2) is 4.98 Å². The van der Waals surface area contributed by atoms with E-state index < -0.39 is 0 Å². The number of hydrogen-bond acceptors (Lipinski definition) is 5. The predicted octanol–water partition coefficient (Wildman–Crippen LogP) is 1.89. The second-order valence-electron chi connectivity index (χ2n) is 5.23. The molecule has 19 heavy (non-hydrogen) atoms. The lowest BCUT2D eigenvalue weighted by atomic mass is 9.86. The number of hydrogen-bond donors (Lipinski definition) is 2. The van der Waals surface area contributed by atoms with Crippen LogP contribution < -0.4 is 16.0 Å². The Morgan fingerprint density at radius 2 is 2.00 bits per heavy atom. The number of anilines is 2. The van der Waals surface area contributed by atoms with E-state index in [1.54, 1.807) is 6.20 Å². The third-order valence-electron chi connectivity index (χ3n) is 3.61. The van der Waals surface area contributed by atoms with Crippen LogP contribution in [0.3, 0.4) is 0 Å². The fourth-order valence-corrected chi connectivity index (χ4v) is 2.39. The summed E-state index contributed by atoms with van der Waals surface area (Å²) in [7, 11) is 3.97. The van der Waals surface area contributed by atoms with E-state index in [4.69, 9.17) is 5.73 Å². The minimum absolute atomic E-state index is 0. The summed E-state index contributed by atoms with van der Waals surface area (Å²) in [6.07, 6.45) is 6.55. The molecule has 0 radical (unpaired) electrons. The molecule has 0 saturated heterocycles. The second-order valence-corrected chi connectivity index (χ2v) is 5.23. The predicted molar refractivity (Wildman–Crippen MR) is 82.0 cm³/mol. The molecular formula is C13H24ClN5. The summed E-state index contributed by atoms with van der Waals surface area (Å²) in [5.74, 6) is 2.37. The maximum Gasteiger partial charge on any atom is 0.224 e. The third-order valence-corrected chi connectivity index (χ3v) is 3.61. The Balaban J connectivity index is 0.00000180. The van der Waals surface area contributed by atoms with Gasteiger partial charge in [0, 0.05) is 26.3 Å². The van der Waals surface area contributed by atoms with Crippen molar-refractivity contribution in [1.82, 2.24) is 9.97 Å². The molecule has 1 saturated carbocycles. The molecule has 0 atom stereocenters. The zero-order valence-electron chi connectivity index (χ0n) is 11.7. The van der Waals surface area contributed by atoms with Crippen LogP contribution in [-0.4, -0.2) is 36.6 Å². The van der Waals surface area contributed by atoms with Gasteiger partial charge in [-0.1, -0.05) is 0 Å². The van der Waals surface area contributed by atoms with Crippen LogP contribution in [0.15, 0.2) is 12.3 Å². The van der Waals surface area contributed by atoms with E-state index in [2.05, 4.69) is 15.3 Å². The molecule has 6 heteroatoms. The molecule has 0 amide bonds. The highest BCUT2D eigenvalue weighted by Crippen LogP contribution is 2.25. The van der Waals surface area contributed by atoms with Crippen molar-refractivity contribution in [3.63, 3.8) is 0 Å². The summed E-state index contributed by atoms with van der Waals surface area (Å²) in [4.78, 5) is 10.8. The Labute approximate surface area is 121 Å². The number of aromatic nitrogens is 2. The molecule has 1 aromatic heterocycles. The first kappa shape index (κ1) is 16.0. The quantitative estimate of drug-likeness (QED) is 0.884. The monoisotopic (exact) mass is 285 g/mol. The van der Waals surface area contributed by atoms with Crippen molar-refractivity contribution in [2.24, 2.45) is 11.7 Å². The Bertz CT molecular complexity index is 377. The van der Waals surface area contributed by atoms with Crippen LogP contribution in [0.4, 0.5) is 11.8 Å². The molecule has 0 unspecified atom stereocenters. The molecule has 0 bridgehead atoms. The van der Waals surface area contributed by atoms with E-state index in [1.807, 2.05) is 25.1 Å². The van der Waals surface area contributed by atoms with E-state index in [1.165, 1.54) is 12.8 Å². The van der Waals surface area contributed by atoms with E-state index >= 15 is 0 Å². The molecule has 1 fully saturated rings. The van der Waals surface area contributed by atoms with Gasteiger partial charge in [-0.15, -0.1) is 12.4 Å². The molecule has 0 spiro atoms. The van der Waals surface area contributed by atoms with Crippen LogP contribution in [0.5, 0.6) is 0 Å². The smallest absolute Gasteiger partial charge is 0.224 e. The molecule has 1 heterocycles. The minimum atomic E-state index is 0. The Hall–Kier alpha value is -1.07. The Morgan fingerprint density at radius 1 is 1.32 bits per heavy atom. The van der Waals surface area contributed by atoms with Crippen molar-refractivity contribution in [1.29, 1.82) is 0 Å². The normalized spacial score (nSPS) is 22.5. The molecule has 5 nitrogen and oxygen atoms in total. The molecule has 2 rings (SSSR count). The SMILES string of the molecule is CN(C)c1ccnc(NC2CCC(CN)CC2)n1.Cl. The van der Waals surface area contributed by atoms with Gasteiger partial charge in [0.25, 0.3) is 0 Å². The average Bonchev–Trinajstić information content (AvgIpc) is 2.40. The van der Waals surface area contributed by atoms with Gasteiger partial charge in [0.1, 0.15) is 5.82 Å². The van der Waals surface area contributed by atoms with E-state index in [0.717, 1.165) is 31.2 Å². The van der Waals surface area contributed by atoms with E-state index in [0.29, 0.717) is 12.0 Å². The first-order chi connectivity index (χ1) is 8.69. The molecule has 1 aliphatic rings. The van der Waals surface area contributed by atoms with Crippen LogP contribution in [-0.2, 0) is 0 Å². The van der Waals surface area contributed by atoms with Gasteiger partial charge in [-0.2, -0.15) is 4.98 Å². The Morgan fingerprint density at radius 3 is 2.58 bits per heavy atom. The van der Waals surface area contributed by atoms with E-state index in [-0.39, 0.29) is 12.4 Å². The summed E-state index contributed by atoms with van der Waals surface area (Å²) < 4.78 is 0. The van der Waals surface area contributed by atoms with Crippen LogP contribution in [0.2, 0.25) is 0 Å². The summed E-state index contributed by atoms with van der Waals surface area (Å²) >= 11 is 0. The van der Waals surface area contributed by atoms with Crippen molar-refractivity contribution >= 4 is 24.2 Å². The zero-order valence-corrected chi connectivity index (χ0v) is 12.5. The van der Waals surface area contributed by atoms with Gasteiger partial charge in [0.2, 0.25) is 5.95 Å². The number of nitrogens with one attached hydrogen (secondary N) is 1. The molecule has 1 aliphatic carbocycles. The highest BCUT2D eigenvalue weighted by molar-refractivity contribution is 5.85. The summed E-state index contributed by atoms with van der Waals surface area (Å²) in [5.41, 5.74) is 5.70. The van der Waals surface area contributed by atoms with Gasteiger partial charge in [-0.05, 0) is 44.2 Å². The first-order valence-electron chi connectivity index (χ1n) is 6.66. The largest absolute Gasteiger partial charge is 0.363 e. The highest BCUT2D eigenvalue weighted by Gasteiger charge is 2.20. The van der Waals surface area contributed by atoms with Crippen molar-refractivity contribution in [3.8, 4) is 0 Å². The maximum atomic E-state index is 5.70. The summed E-state index contributed by atoms with van der Waals surface area (Å²) in [6.45, 7) is 0.819. The maximum absolute atomic E-state index is 5.70. The lowest BCUT2D eigenvalue weighted by molar-refractivity contribution is 0.344. The number of rotatable bonds is 4. The molecule has 3 N–H and O–H groups in total. The minimum Gasteiger partial charge on any atom is -0.363 e. The van der Waals surface area contributed by atoms with Crippen LogP contribution >= 0.6 is 12.4 Å². The lowest BCUT2D eigenvalue weighted by Crippen LogP contribution is -2.29.